The molecule has 0 saturated carbocycles. The van der Waals surface area contributed by atoms with Crippen LogP contribution in [0.3, 0.4) is 0 Å². The quantitative estimate of drug-likeness (QED) is 0.500. The second kappa shape index (κ2) is 9.37. The Labute approximate surface area is 171 Å². The minimum Gasteiger partial charge on any atom is -0.448 e. The lowest BCUT2D eigenvalue weighted by molar-refractivity contribution is -0.123. The van der Waals surface area contributed by atoms with Crippen LogP contribution in [0.15, 0.2) is 30.3 Å². The van der Waals surface area contributed by atoms with Crippen LogP contribution in [0.5, 0.6) is 0 Å². The van der Waals surface area contributed by atoms with Crippen molar-refractivity contribution in [1.82, 2.24) is 0 Å². The number of para-hydroxylation sites is 1. The molecular weight excluding hydrogens is 370 g/mol. The average Bonchev–Trinajstić information content (AvgIpc) is 2.98. The Kier molecular flexibility index (Phi) is 6.89. The normalized spacial score (nSPS) is 15.8. The molecule has 1 aromatic heterocycles. The Bertz CT molecular complexity index is 819. The monoisotopic (exact) mass is 399 g/mol. The maximum Gasteiger partial charge on any atom is 0.349 e. The number of ether oxygens (including phenoxy) is 1. The van der Waals surface area contributed by atoms with E-state index in [0.29, 0.717) is 10.8 Å². The summed E-state index contributed by atoms with van der Waals surface area (Å²) < 4.78 is 5.47. The van der Waals surface area contributed by atoms with Crippen molar-refractivity contribution in [2.45, 2.75) is 71.3 Å². The predicted molar refractivity (Wildman–Crippen MR) is 114 cm³/mol. The first-order chi connectivity index (χ1) is 13.5. The molecule has 0 saturated heterocycles. The van der Waals surface area contributed by atoms with Gasteiger partial charge in [-0.25, -0.2) is 4.79 Å². The molecule has 4 nitrogen and oxygen atoms in total. The summed E-state index contributed by atoms with van der Waals surface area (Å²) in [5.41, 5.74) is 3.15. The third kappa shape index (κ3) is 4.82. The van der Waals surface area contributed by atoms with Gasteiger partial charge in [-0.3, -0.25) is 4.79 Å². The summed E-state index contributed by atoms with van der Waals surface area (Å²) in [6.45, 7) is 5.88. The number of carbonyl (C=O) groups is 2. The highest BCUT2D eigenvalue weighted by atomic mass is 32.1. The molecule has 28 heavy (non-hydrogen) atoms. The molecule has 0 aliphatic heterocycles. The molecule has 0 unspecified atom stereocenters. The van der Waals surface area contributed by atoms with Gasteiger partial charge in [0.25, 0.3) is 5.91 Å². The highest BCUT2D eigenvalue weighted by Gasteiger charge is 2.23. The lowest BCUT2D eigenvalue weighted by atomic mass is 9.97. The summed E-state index contributed by atoms with van der Waals surface area (Å²) >= 11 is 1.52. The standard InChI is InChI=1S/C23H29NO3S/c1-4-15(2)18-11-8-9-12-19(18)24-22(25)16(3)27-23(26)21-14-17-10-6-5-7-13-20(17)28-21/h8-9,11-12,14-16H,4-7,10,13H2,1-3H3,(H,24,25)/t15-,16+/m0/s1. The predicted octanol–water partition coefficient (Wildman–Crippen LogP) is 5.71. The first kappa shape index (κ1) is 20.6. The average molecular weight is 400 g/mol. The summed E-state index contributed by atoms with van der Waals surface area (Å²) in [4.78, 5) is 27.0. The zero-order valence-corrected chi connectivity index (χ0v) is 17.7. The van der Waals surface area contributed by atoms with Gasteiger partial charge in [0.1, 0.15) is 4.88 Å². The van der Waals surface area contributed by atoms with E-state index in [1.54, 1.807) is 6.92 Å². The smallest absolute Gasteiger partial charge is 0.349 e. The number of aryl methyl sites for hydroxylation is 2. The Morgan fingerprint density at radius 1 is 1.14 bits per heavy atom. The molecule has 150 valence electrons. The van der Waals surface area contributed by atoms with Gasteiger partial charge < -0.3 is 10.1 Å². The fourth-order valence-electron chi connectivity index (χ4n) is 3.54. The lowest BCUT2D eigenvalue weighted by Crippen LogP contribution is -2.30. The lowest BCUT2D eigenvalue weighted by Gasteiger charge is -2.18. The van der Waals surface area contributed by atoms with Crippen molar-refractivity contribution in [1.29, 1.82) is 0 Å². The van der Waals surface area contributed by atoms with E-state index in [0.717, 1.165) is 30.5 Å². The van der Waals surface area contributed by atoms with E-state index in [1.807, 2.05) is 30.3 Å². The van der Waals surface area contributed by atoms with E-state index in [4.69, 9.17) is 4.74 Å². The van der Waals surface area contributed by atoms with E-state index in [1.165, 1.54) is 41.0 Å². The van der Waals surface area contributed by atoms with Gasteiger partial charge in [0.2, 0.25) is 0 Å². The van der Waals surface area contributed by atoms with Crippen molar-refractivity contribution in [3.05, 3.63) is 51.2 Å². The Balaban J connectivity index is 1.64. The van der Waals surface area contributed by atoms with Crippen molar-refractivity contribution in [3.8, 4) is 0 Å². The van der Waals surface area contributed by atoms with E-state index in [2.05, 4.69) is 19.2 Å². The third-order valence-electron chi connectivity index (χ3n) is 5.46. The molecule has 5 heteroatoms. The van der Waals surface area contributed by atoms with Crippen molar-refractivity contribution < 1.29 is 14.3 Å². The number of benzene rings is 1. The maximum absolute atomic E-state index is 12.6. The number of anilines is 1. The second-order valence-corrected chi connectivity index (χ2v) is 8.69. The van der Waals surface area contributed by atoms with Gasteiger partial charge in [0, 0.05) is 10.6 Å². The molecule has 1 heterocycles. The second-order valence-electron chi connectivity index (χ2n) is 7.55. The maximum atomic E-state index is 12.6. The van der Waals surface area contributed by atoms with E-state index in [9.17, 15) is 9.59 Å². The summed E-state index contributed by atoms with van der Waals surface area (Å²) in [6.07, 6.45) is 5.80. The molecule has 1 aromatic carbocycles. The zero-order chi connectivity index (χ0) is 20.1. The van der Waals surface area contributed by atoms with Gasteiger partial charge in [-0.1, -0.05) is 38.5 Å². The van der Waals surface area contributed by atoms with E-state index < -0.39 is 12.1 Å². The highest BCUT2D eigenvalue weighted by molar-refractivity contribution is 7.14. The number of thiophene rings is 1. The number of esters is 1. The minimum atomic E-state index is -0.848. The number of carbonyl (C=O) groups excluding carboxylic acids is 2. The van der Waals surface area contributed by atoms with Crippen LogP contribution in [0.4, 0.5) is 5.69 Å². The molecule has 1 amide bonds. The SMILES string of the molecule is CC[C@H](C)c1ccccc1NC(=O)[C@@H](C)OC(=O)c1cc2c(s1)CCCCC2. The number of fused-ring (bicyclic) bond motifs is 1. The largest absolute Gasteiger partial charge is 0.448 e. The molecule has 0 fully saturated rings. The molecule has 3 rings (SSSR count). The number of hydrogen-bond acceptors (Lipinski definition) is 4. The highest BCUT2D eigenvalue weighted by Crippen LogP contribution is 2.30. The molecule has 1 aliphatic rings. The molecule has 1 aliphatic carbocycles. The Morgan fingerprint density at radius 2 is 1.89 bits per heavy atom. The van der Waals surface area contributed by atoms with Crippen LogP contribution in [0.1, 0.15) is 78.0 Å². The van der Waals surface area contributed by atoms with Crippen LogP contribution in [0, 0.1) is 0 Å². The molecule has 0 radical (unpaired) electrons. The molecule has 0 spiro atoms. The minimum absolute atomic E-state index is 0.303. The van der Waals surface area contributed by atoms with Gasteiger partial charge in [-0.2, -0.15) is 0 Å². The number of amides is 1. The van der Waals surface area contributed by atoms with Gasteiger partial charge >= 0.3 is 5.97 Å². The number of rotatable bonds is 6. The van der Waals surface area contributed by atoms with Crippen LogP contribution in [-0.4, -0.2) is 18.0 Å². The molecule has 2 aromatic rings. The molecule has 0 bridgehead atoms. The van der Waals surface area contributed by atoms with Crippen LogP contribution >= 0.6 is 11.3 Å². The van der Waals surface area contributed by atoms with Crippen molar-refractivity contribution >= 4 is 28.9 Å². The molecule has 2 atom stereocenters. The fraction of sp³-hybridized carbons (Fsp3) is 0.478. The van der Waals surface area contributed by atoms with E-state index in [-0.39, 0.29) is 5.91 Å². The van der Waals surface area contributed by atoms with Crippen molar-refractivity contribution in [2.24, 2.45) is 0 Å². The first-order valence-electron chi connectivity index (χ1n) is 10.2. The van der Waals surface area contributed by atoms with Crippen LogP contribution in [-0.2, 0) is 22.4 Å². The van der Waals surface area contributed by atoms with Crippen LogP contribution in [0.2, 0.25) is 0 Å². The summed E-state index contributed by atoms with van der Waals surface area (Å²) in [6, 6.07) is 9.75. The molecule has 1 N–H and O–H groups in total. The van der Waals surface area contributed by atoms with Gasteiger partial charge in [-0.05, 0) is 68.2 Å². The first-order valence-corrected chi connectivity index (χ1v) is 11.0. The zero-order valence-electron chi connectivity index (χ0n) is 16.9. The number of hydrogen-bond donors (Lipinski definition) is 1. The summed E-state index contributed by atoms with van der Waals surface area (Å²) in [7, 11) is 0. The Hall–Kier alpha value is -2.14. The van der Waals surface area contributed by atoms with Crippen LogP contribution < -0.4 is 5.32 Å². The fourth-order valence-corrected chi connectivity index (χ4v) is 4.67. The summed E-state index contributed by atoms with van der Waals surface area (Å²) in [5.74, 6) is -0.367. The van der Waals surface area contributed by atoms with Gasteiger partial charge in [0.05, 0.1) is 0 Å². The number of nitrogens with one attached hydrogen (secondary N) is 1. The van der Waals surface area contributed by atoms with Crippen LogP contribution in [0.25, 0.3) is 0 Å². The molecular formula is C23H29NO3S. The van der Waals surface area contributed by atoms with Gasteiger partial charge in [0.15, 0.2) is 6.10 Å². The topological polar surface area (TPSA) is 55.4 Å². The third-order valence-corrected chi connectivity index (χ3v) is 6.68. The van der Waals surface area contributed by atoms with Crippen molar-refractivity contribution in [2.75, 3.05) is 5.32 Å². The van der Waals surface area contributed by atoms with Gasteiger partial charge in [-0.15, -0.1) is 11.3 Å². The van der Waals surface area contributed by atoms with Crippen molar-refractivity contribution in [3.63, 3.8) is 0 Å². The summed E-state index contributed by atoms with van der Waals surface area (Å²) in [5, 5.41) is 2.93. The Morgan fingerprint density at radius 3 is 2.68 bits per heavy atom. The van der Waals surface area contributed by atoms with E-state index >= 15 is 0 Å².